The monoisotopic (exact) mass is 237 g/mol. The number of benzene rings is 2. The highest BCUT2D eigenvalue weighted by molar-refractivity contribution is 5.91. The van der Waals surface area contributed by atoms with Crippen LogP contribution in [0.5, 0.6) is 0 Å². The number of hydrogen-bond acceptors (Lipinski definition) is 1. The van der Waals surface area contributed by atoms with Crippen molar-refractivity contribution < 1.29 is 9.90 Å². The second-order valence-corrected chi connectivity index (χ2v) is 4.16. The van der Waals surface area contributed by atoms with Crippen LogP contribution in [0.4, 0.5) is 0 Å². The summed E-state index contributed by atoms with van der Waals surface area (Å²) in [5, 5.41) is 10.1. The zero-order chi connectivity index (χ0) is 12.5. The summed E-state index contributed by atoms with van der Waals surface area (Å²) < 4.78 is 0. The molecule has 1 aromatic heterocycles. The lowest BCUT2D eigenvalue weighted by Crippen LogP contribution is -1.95. The summed E-state index contributed by atoms with van der Waals surface area (Å²) >= 11 is 0. The summed E-state index contributed by atoms with van der Waals surface area (Å²) in [6, 6.07) is 16.9. The van der Waals surface area contributed by atoms with Crippen LogP contribution in [-0.4, -0.2) is 16.1 Å². The number of hydrogen-bond donors (Lipinski definition) is 2. The Balaban J connectivity index is 2.13. The normalized spacial score (nSPS) is 10.7. The SMILES string of the molecule is O=C(O)c1cccc(-c2cc3ccccc3[nH]2)c1. The predicted molar refractivity (Wildman–Crippen MR) is 70.7 cm³/mol. The van der Waals surface area contributed by atoms with E-state index < -0.39 is 5.97 Å². The van der Waals surface area contributed by atoms with Crippen molar-refractivity contribution in [2.45, 2.75) is 0 Å². The summed E-state index contributed by atoms with van der Waals surface area (Å²) in [7, 11) is 0. The van der Waals surface area contributed by atoms with Gasteiger partial charge in [-0.3, -0.25) is 0 Å². The van der Waals surface area contributed by atoms with Gasteiger partial charge in [0, 0.05) is 16.6 Å². The topological polar surface area (TPSA) is 53.1 Å². The van der Waals surface area contributed by atoms with E-state index in [9.17, 15) is 4.79 Å². The Bertz CT molecular complexity index is 695. The van der Waals surface area contributed by atoms with E-state index in [4.69, 9.17) is 5.11 Å². The number of rotatable bonds is 2. The molecule has 3 nitrogen and oxygen atoms in total. The molecule has 18 heavy (non-hydrogen) atoms. The fourth-order valence-corrected chi connectivity index (χ4v) is 2.05. The summed E-state index contributed by atoms with van der Waals surface area (Å²) in [6.45, 7) is 0. The molecule has 0 fully saturated rings. The third-order valence-corrected chi connectivity index (χ3v) is 2.95. The van der Waals surface area contributed by atoms with Crippen LogP contribution in [0.15, 0.2) is 54.6 Å². The molecule has 2 aromatic carbocycles. The largest absolute Gasteiger partial charge is 0.478 e. The maximum atomic E-state index is 10.9. The number of fused-ring (bicyclic) bond motifs is 1. The molecule has 3 heteroatoms. The number of H-pyrrole nitrogens is 1. The molecule has 0 aliphatic carbocycles. The lowest BCUT2D eigenvalue weighted by Gasteiger charge is -1.99. The van der Waals surface area contributed by atoms with Crippen LogP contribution < -0.4 is 0 Å². The molecule has 0 aliphatic heterocycles. The number of carboxylic acids is 1. The highest BCUT2D eigenvalue weighted by Crippen LogP contribution is 2.24. The predicted octanol–water partition coefficient (Wildman–Crippen LogP) is 3.53. The van der Waals surface area contributed by atoms with Gasteiger partial charge in [-0.05, 0) is 29.8 Å². The molecular formula is C15H11NO2. The minimum absolute atomic E-state index is 0.297. The first-order valence-corrected chi connectivity index (χ1v) is 5.65. The first kappa shape index (κ1) is 10.6. The minimum Gasteiger partial charge on any atom is -0.478 e. The van der Waals surface area contributed by atoms with E-state index in [2.05, 4.69) is 4.98 Å². The van der Waals surface area contributed by atoms with Crippen LogP contribution >= 0.6 is 0 Å². The van der Waals surface area contributed by atoms with Gasteiger partial charge in [0.1, 0.15) is 0 Å². The first-order valence-electron chi connectivity index (χ1n) is 5.65. The Morgan fingerprint density at radius 2 is 1.83 bits per heavy atom. The molecule has 3 aromatic rings. The molecule has 3 rings (SSSR count). The van der Waals surface area contributed by atoms with Crippen molar-refractivity contribution >= 4 is 16.9 Å². The lowest BCUT2D eigenvalue weighted by molar-refractivity contribution is 0.0697. The average molecular weight is 237 g/mol. The number of nitrogens with one attached hydrogen (secondary N) is 1. The highest BCUT2D eigenvalue weighted by atomic mass is 16.4. The van der Waals surface area contributed by atoms with Gasteiger partial charge in [0.15, 0.2) is 0 Å². The summed E-state index contributed by atoms with van der Waals surface area (Å²) in [6.07, 6.45) is 0. The Kier molecular flexibility index (Phi) is 2.38. The van der Waals surface area contributed by atoms with Gasteiger partial charge in [-0.2, -0.15) is 0 Å². The highest BCUT2D eigenvalue weighted by Gasteiger charge is 2.06. The van der Waals surface area contributed by atoms with E-state index in [1.807, 2.05) is 36.4 Å². The maximum Gasteiger partial charge on any atom is 0.335 e. The molecular weight excluding hydrogens is 226 g/mol. The lowest BCUT2D eigenvalue weighted by atomic mass is 10.1. The molecule has 0 saturated carbocycles. The standard InChI is InChI=1S/C15H11NO2/c17-15(18)12-6-3-5-10(8-12)14-9-11-4-1-2-7-13(11)16-14/h1-9,16H,(H,17,18). The molecule has 88 valence electrons. The van der Waals surface area contributed by atoms with Crippen molar-refractivity contribution in [2.75, 3.05) is 0 Å². The van der Waals surface area contributed by atoms with Crippen molar-refractivity contribution in [1.82, 2.24) is 4.98 Å². The van der Waals surface area contributed by atoms with Crippen LogP contribution in [0.25, 0.3) is 22.2 Å². The van der Waals surface area contributed by atoms with Crippen LogP contribution in [0, 0.1) is 0 Å². The molecule has 0 aliphatic rings. The molecule has 0 unspecified atom stereocenters. The van der Waals surface area contributed by atoms with Gasteiger partial charge in [0.2, 0.25) is 0 Å². The summed E-state index contributed by atoms with van der Waals surface area (Å²) in [5.41, 5.74) is 3.16. The molecule has 2 N–H and O–H groups in total. The number of carboxylic acid groups (broad SMARTS) is 1. The first-order chi connectivity index (χ1) is 8.74. The van der Waals surface area contributed by atoms with Gasteiger partial charge in [0.25, 0.3) is 0 Å². The second-order valence-electron chi connectivity index (χ2n) is 4.16. The van der Waals surface area contributed by atoms with E-state index in [1.54, 1.807) is 18.2 Å². The van der Waals surface area contributed by atoms with Crippen molar-refractivity contribution in [1.29, 1.82) is 0 Å². The van der Waals surface area contributed by atoms with E-state index in [1.165, 1.54) is 0 Å². The Hall–Kier alpha value is -2.55. The van der Waals surface area contributed by atoms with E-state index >= 15 is 0 Å². The van der Waals surface area contributed by atoms with Crippen LogP contribution in [0.3, 0.4) is 0 Å². The fraction of sp³-hybridized carbons (Fsp3) is 0. The zero-order valence-corrected chi connectivity index (χ0v) is 9.55. The number of aromatic amines is 1. The van der Waals surface area contributed by atoms with E-state index in [0.29, 0.717) is 5.56 Å². The number of para-hydroxylation sites is 1. The summed E-state index contributed by atoms with van der Waals surface area (Å²) in [4.78, 5) is 14.2. The van der Waals surface area contributed by atoms with Gasteiger partial charge in [0.05, 0.1) is 5.56 Å². The molecule has 0 amide bonds. The molecule has 0 spiro atoms. The molecule has 0 saturated heterocycles. The number of aromatic carboxylic acids is 1. The third-order valence-electron chi connectivity index (χ3n) is 2.95. The van der Waals surface area contributed by atoms with Crippen LogP contribution in [-0.2, 0) is 0 Å². The maximum absolute atomic E-state index is 10.9. The van der Waals surface area contributed by atoms with Gasteiger partial charge in [-0.1, -0.05) is 30.3 Å². The minimum atomic E-state index is -0.909. The quantitative estimate of drug-likeness (QED) is 0.716. The van der Waals surface area contributed by atoms with Crippen molar-refractivity contribution in [3.05, 3.63) is 60.2 Å². The van der Waals surface area contributed by atoms with Gasteiger partial charge in [-0.15, -0.1) is 0 Å². The third kappa shape index (κ3) is 1.76. The molecule has 0 bridgehead atoms. The van der Waals surface area contributed by atoms with Gasteiger partial charge < -0.3 is 10.1 Å². The number of carbonyl (C=O) groups is 1. The van der Waals surface area contributed by atoms with E-state index in [-0.39, 0.29) is 0 Å². The molecule has 0 radical (unpaired) electrons. The van der Waals surface area contributed by atoms with Crippen molar-refractivity contribution in [2.24, 2.45) is 0 Å². The van der Waals surface area contributed by atoms with Gasteiger partial charge >= 0.3 is 5.97 Å². The Morgan fingerprint density at radius 1 is 1.00 bits per heavy atom. The number of aromatic nitrogens is 1. The van der Waals surface area contributed by atoms with Crippen molar-refractivity contribution in [3.63, 3.8) is 0 Å². The fourth-order valence-electron chi connectivity index (χ4n) is 2.05. The van der Waals surface area contributed by atoms with Gasteiger partial charge in [-0.25, -0.2) is 4.79 Å². The smallest absolute Gasteiger partial charge is 0.335 e. The van der Waals surface area contributed by atoms with E-state index in [0.717, 1.165) is 22.2 Å². The second kappa shape index (κ2) is 4.04. The van der Waals surface area contributed by atoms with Crippen LogP contribution in [0.2, 0.25) is 0 Å². The molecule has 1 heterocycles. The van der Waals surface area contributed by atoms with Crippen molar-refractivity contribution in [3.8, 4) is 11.3 Å². The molecule has 0 atom stereocenters. The zero-order valence-electron chi connectivity index (χ0n) is 9.55. The van der Waals surface area contributed by atoms with Crippen LogP contribution in [0.1, 0.15) is 10.4 Å². The average Bonchev–Trinajstić information content (AvgIpc) is 2.82. The summed E-state index contributed by atoms with van der Waals surface area (Å²) in [5.74, 6) is -0.909. The Labute approximate surface area is 104 Å². The Morgan fingerprint density at radius 3 is 2.61 bits per heavy atom.